The van der Waals surface area contributed by atoms with Crippen molar-refractivity contribution in [1.29, 1.82) is 0 Å². The summed E-state index contributed by atoms with van der Waals surface area (Å²) >= 11 is 0. The van der Waals surface area contributed by atoms with Crippen molar-refractivity contribution in [2.75, 3.05) is 12.4 Å². The molecule has 106 valence electrons. The van der Waals surface area contributed by atoms with Crippen LogP contribution in [0.4, 0.5) is 5.69 Å². The predicted molar refractivity (Wildman–Crippen MR) is 76.0 cm³/mol. The second kappa shape index (κ2) is 6.59. The van der Waals surface area contributed by atoms with Crippen LogP contribution in [0.15, 0.2) is 12.4 Å². The molecule has 0 aromatic carbocycles. The number of likely N-dealkylation sites (N-methyl/N-ethyl adjacent to an activating group) is 1. The van der Waals surface area contributed by atoms with E-state index in [4.69, 9.17) is 0 Å². The van der Waals surface area contributed by atoms with Crippen LogP contribution in [-0.4, -0.2) is 28.8 Å². The minimum atomic E-state index is -0.0293. The van der Waals surface area contributed by atoms with Crippen molar-refractivity contribution in [3.05, 3.63) is 12.4 Å². The molecule has 1 aromatic heterocycles. The molecule has 19 heavy (non-hydrogen) atoms. The minimum Gasteiger partial charge on any atom is -0.380 e. The Balaban J connectivity index is 1.87. The van der Waals surface area contributed by atoms with E-state index in [-0.39, 0.29) is 12.5 Å². The van der Waals surface area contributed by atoms with E-state index in [0.29, 0.717) is 6.04 Å². The molecule has 0 bridgehead atoms. The van der Waals surface area contributed by atoms with Crippen molar-refractivity contribution in [1.82, 2.24) is 15.1 Å². The summed E-state index contributed by atoms with van der Waals surface area (Å²) in [6.45, 7) is 2.55. The zero-order valence-corrected chi connectivity index (χ0v) is 11.9. The molecular formula is C14H24N4O. The number of carbonyl (C=O) groups is 1. The molecule has 0 spiro atoms. The highest BCUT2D eigenvalue weighted by Crippen LogP contribution is 2.28. The first-order chi connectivity index (χ1) is 9.21. The maximum atomic E-state index is 11.3. The van der Waals surface area contributed by atoms with E-state index in [1.54, 1.807) is 17.9 Å². The second-order valence-corrected chi connectivity index (χ2v) is 5.38. The van der Waals surface area contributed by atoms with Gasteiger partial charge in [-0.1, -0.05) is 26.2 Å². The number of hydrogen-bond acceptors (Lipinski definition) is 3. The summed E-state index contributed by atoms with van der Waals surface area (Å²) in [7, 11) is 1.64. The zero-order valence-electron chi connectivity index (χ0n) is 11.9. The Morgan fingerprint density at radius 1 is 1.53 bits per heavy atom. The Hall–Kier alpha value is -1.52. The number of nitrogens with zero attached hydrogens (tertiary/aromatic N) is 2. The molecule has 2 atom stereocenters. The van der Waals surface area contributed by atoms with Gasteiger partial charge in [0.2, 0.25) is 5.91 Å². The first-order valence-electron chi connectivity index (χ1n) is 7.20. The smallest absolute Gasteiger partial charge is 0.241 e. The highest BCUT2D eigenvalue weighted by atomic mass is 16.1. The predicted octanol–water partition coefficient (Wildman–Crippen LogP) is 2.01. The van der Waals surface area contributed by atoms with Gasteiger partial charge in [-0.2, -0.15) is 5.10 Å². The van der Waals surface area contributed by atoms with Gasteiger partial charge in [0, 0.05) is 19.3 Å². The van der Waals surface area contributed by atoms with Crippen molar-refractivity contribution < 1.29 is 4.79 Å². The van der Waals surface area contributed by atoms with E-state index in [1.165, 1.54) is 32.1 Å². The SMILES string of the molecule is CCC1CCCC(Nc2cnn(CC(=O)NC)c2)C1. The van der Waals surface area contributed by atoms with E-state index in [2.05, 4.69) is 22.7 Å². The lowest BCUT2D eigenvalue weighted by Gasteiger charge is -2.29. The summed E-state index contributed by atoms with van der Waals surface area (Å²) in [5, 5.41) is 10.3. The highest BCUT2D eigenvalue weighted by Gasteiger charge is 2.20. The van der Waals surface area contributed by atoms with E-state index < -0.39 is 0 Å². The fraction of sp³-hybridized carbons (Fsp3) is 0.714. The molecule has 1 aromatic rings. The summed E-state index contributed by atoms with van der Waals surface area (Å²) in [5.41, 5.74) is 1.02. The normalized spacial score (nSPS) is 23.1. The molecule has 1 aliphatic rings. The van der Waals surface area contributed by atoms with Crippen molar-refractivity contribution >= 4 is 11.6 Å². The summed E-state index contributed by atoms with van der Waals surface area (Å²) in [6.07, 6.45) is 10.1. The van der Waals surface area contributed by atoms with Crippen LogP contribution in [0.1, 0.15) is 39.0 Å². The monoisotopic (exact) mass is 264 g/mol. The number of amides is 1. The van der Waals surface area contributed by atoms with Crippen molar-refractivity contribution in [3.63, 3.8) is 0 Å². The number of aromatic nitrogens is 2. The Labute approximate surface area is 114 Å². The standard InChI is InChI=1S/C14H24N4O/c1-3-11-5-4-6-12(7-11)17-13-8-16-18(9-13)10-14(19)15-2/h8-9,11-12,17H,3-7,10H2,1-2H3,(H,15,19). The van der Waals surface area contributed by atoms with Gasteiger partial charge >= 0.3 is 0 Å². The molecule has 1 fully saturated rings. The van der Waals surface area contributed by atoms with Crippen LogP contribution in [0.5, 0.6) is 0 Å². The van der Waals surface area contributed by atoms with Gasteiger partial charge in [-0.25, -0.2) is 0 Å². The molecule has 2 unspecified atom stereocenters. The number of hydrogen-bond donors (Lipinski definition) is 2. The van der Waals surface area contributed by atoms with Gasteiger partial charge in [-0.05, 0) is 18.8 Å². The Morgan fingerprint density at radius 3 is 3.11 bits per heavy atom. The molecule has 0 saturated heterocycles. The van der Waals surface area contributed by atoms with Crippen LogP contribution in [0.2, 0.25) is 0 Å². The van der Waals surface area contributed by atoms with Gasteiger partial charge in [-0.3, -0.25) is 9.48 Å². The maximum Gasteiger partial charge on any atom is 0.241 e. The average Bonchev–Trinajstić information content (AvgIpc) is 2.86. The number of anilines is 1. The van der Waals surface area contributed by atoms with Crippen LogP contribution in [0, 0.1) is 5.92 Å². The van der Waals surface area contributed by atoms with Crippen LogP contribution < -0.4 is 10.6 Å². The molecule has 5 nitrogen and oxygen atoms in total. The molecule has 1 amide bonds. The molecular weight excluding hydrogens is 240 g/mol. The van der Waals surface area contributed by atoms with E-state index in [0.717, 1.165) is 11.6 Å². The van der Waals surface area contributed by atoms with Gasteiger partial charge in [0.25, 0.3) is 0 Å². The van der Waals surface area contributed by atoms with Gasteiger partial charge in [-0.15, -0.1) is 0 Å². The lowest BCUT2D eigenvalue weighted by Crippen LogP contribution is -2.27. The van der Waals surface area contributed by atoms with E-state index in [1.807, 2.05) is 6.20 Å². The molecule has 5 heteroatoms. The lowest BCUT2D eigenvalue weighted by molar-refractivity contribution is -0.121. The van der Waals surface area contributed by atoms with Gasteiger partial charge < -0.3 is 10.6 Å². The lowest BCUT2D eigenvalue weighted by atomic mass is 9.84. The van der Waals surface area contributed by atoms with Gasteiger partial charge in [0.05, 0.1) is 11.9 Å². The zero-order chi connectivity index (χ0) is 13.7. The average molecular weight is 264 g/mol. The molecule has 0 aliphatic heterocycles. The largest absolute Gasteiger partial charge is 0.380 e. The summed E-state index contributed by atoms with van der Waals surface area (Å²) in [6, 6.07) is 0.552. The molecule has 1 heterocycles. The van der Waals surface area contributed by atoms with Gasteiger partial charge in [0.15, 0.2) is 0 Å². The van der Waals surface area contributed by atoms with Crippen LogP contribution in [-0.2, 0) is 11.3 Å². The molecule has 2 N–H and O–H groups in total. The van der Waals surface area contributed by atoms with Gasteiger partial charge in [0.1, 0.15) is 6.54 Å². The quantitative estimate of drug-likeness (QED) is 0.855. The molecule has 0 radical (unpaired) electrons. The third-order valence-electron chi connectivity index (χ3n) is 3.95. The number of rotatable bonds is 5. The number of nitrogens with one attached hydrogen (secondary N) is 2. The molecule has 1 saturated carbocycles. The number of carbonyl (C=O) groups excluding carboxylic acids is 1. The van der Waals surface area contributed by atoms with Crippen molar-refractivity contribution in [3.8, 4) is 0 Å². The first-order valence-corrected chi connectivity index (χ1v) is 7.20. The van der Waals surface area contributed by atoms with Crippen LogP contribution in [0.3, 0.4) is 0 Å². The Bertz CT molecular complexity index is 415. The third kappa shape index (κ3) is 3.98. The summed E-state index contributed by atoms with van der Waals surface area (Å²) < 4.78 is 1.67. The topological polar surface area (TPSA) is 59.0 Å². The fourth-order valence-electron chi connectivity index (χ4n) is 2.78. The van der Waals surface area contributed by atoms with Crippen LogP contribution >= 0.6 is 0 Å². The highest BCUT2D eigenvalue weighted by molar-refractivity contribution is 5.75. The molecule has 1 aliphatic carbocycles. The maximum absolute atomic E-state index is 11.3. The summed E-state index contributed by atoms with van der Waals surface area (Å²) in [5.74, 6) is 0.825. The van der Waals surface area contributed by atoms with Crippen LogP contribution in [0.25, 0.3) is 0 Å². The Morgan fingerprint density at radius 2 is 2.37 bits per heavy atom. The van der Waals surface area contributed by atoms with E-state index >= 15 is 0 Å². The van der Waals surface area contributed by atoms with E-state index in [9.17, 15) is 4.79 Å². The second-order valence-electron chi connectivity index (χ2n) is 5.38. The first kappa shape index (κ1) is 13.9. The summed E-state index contributed by atoms with van der Waals surface area (Å²) in [4.78, 5) is 11.3. The third-order valence-corrected chi connectivity index (χ3v) is 3.95. The minimum absolute atomic E-state index is 0.0293. The molecule has 2 rings (SSSR count). The Kier molecular flexibility index (Phi) is 4.82. The van der Waals surface area contributed by atoms with Crippen molar-refractivity contribution in [2.45, 2.75) is 51.6 Å². The van der Waals surface area contributed by atoms with Crippen molar-refractivity contribution in [2.24, 2.45) is 5.92 Å². The fourth-order valence-corrected chi connectivity index (χ4v) is 2.78.